The first-order chi connectivity index (χ1) is 5.20. The maximum Gasteiger partial charge on any atom is 0.230 e. The summed E-state index contributed by atoms with van der Waals surface area (Å²) in [7, 11) is -2.93. The van der Waals surface area contributed by atoms with E-state index in [-0.39, 0.29) is 0 Å². The Bertz CT molecular complexity index is 333. The van der Waals surface area contributed by atoms with Gasteiger partial charge in [0.1, 0.15) is 0 Å². The fraction of sp³-hybridized carbons (Fsp3) is 0.250. The predicted octanol–water partition coefficient (Wildman–Crippen LogP) is 1.14. The van der Waals surface area contributed by atoms with Gasteiger partial charge in [-0.25, -0.2) is 0 Å². The van der Waals surface area contributed by atoms with Gasteiger partial charge >= 0.3 is 0 Å². The number of hydrogen-bond donors (Lipinski definition) is 1. The van der Waals surface area contributed by atoms with Gasteiger partial charge in [-0.2, -0.15) is 0 Å². The molecule has 1 atom stereocenters. The molecule has 0 bridgehead atoms. The van der Waals surface area contributed by atoms with Crippen molar-refractivity contribution in [1.29, 1.82) is 0 Å². The van der Waals surface area contributed by atoms with Crippen LogP contribution in [-0.2, 0) is 11.0 Å². The highest BCUT2D eigenvalue weighted by Crippen LogP contribution is 2.45. The molecule has 1 unspecified atom stereocenters. The Morgan fingerprint density at radius 2 is 2.09 bits per heavy atom. The molecule has 0 radical (unpaired) electrons. The van der Waals surface area contributed by atoms with Crippen molar-refractivity contribution in [2.45, 2.75) is 6.42 Å². The van der Waals surface area contributed by atoms with Crippen LogP contribution in [0, 0.1) is 0 Å². The smallest absolute Gasteiger partial charge is 0.230 e. The Morgan fingerprint density at radius 1 is 1.36 bits per heavy atom. The molecule has 1 aliphatic heterocycles. The van der Waals surface area contributed by atoms with Gasteiger partial charge in [-0.15, -0.1) is 0 Å². The summed E-state index contributed by atoms with van der Waals surface area (Å²) in [6.45, 7) is 0. The third-order valence-corrected chi connectivity index (χ3v) is 4.07. The van der Waals surface area contributed by atoms with Crippen LogP contribution in [0.4, 0.5) is 0 Å². The molecule has 1 aliphatic rings. The summed E-state index contributed by atoms with van der Waals surface area (Å²) in [6.07, 6.45) is 1.18. The zero-order valence-corrected chi connectivity index (χ0v) is 6.92. The van der Waals surface area contributed by atoms with Crippen molar-refractivity contribution in [3.63, 3.8) is 0 Å². The van der Waals surface area contributed by atoms with Crippen LogP contribution in [0.2, 0.25) is 0 Å². The molecule has 0 saturated carbocycles. The highest BCUT2D eigenvalue weighted by Gasteiger charge is 2.29. The highest BCUT2D eigenvalue weighted by molar-refractivity contribution is 7.66. The molecule has 11 heavy (non-hydrogen) atoms. The van der Waals surface area contributed by atoms with E-state index in [2.05, 4.69) is 0 Å². The van der Waals surface area contributed by atoms with Crippen LogP contribution >= 0.6 is 7.37 Å². The van der Waals surface area contributed by atoms with Crippen LogP contribution in [0.3, 0.4) is 0 Å². The van der Waals surface area contributed by atoms with E-state index < -0.39 is 7.37 Å². The lowest BCUT2D eigenvalue weighted by Gasteiger charge is -2.02. The Morgan fingerprint density at radius 3 is 2.82 bits per heavy atom. The molecule has 1 heterocycles. The van der Waals surface area contributed by atoms with E-state index in [1.807, 2.05) is 18.2 Å². The lowest BCUT2D eigenvalue weighted by Crippen LogP contribution is -2.01. The van der Waals surface area contributed by atoms with Crippen LogP contribution in [0.5, 0.6) is 0 Å². The Labute approximate surface area is 65.3 Å². The van der Waals surface area contributed by atoms with E-state index in [4.69, 9.17) is 0 Å². The zero-order chi connectivity index (χ0) is 7.90. The second kappa shape index (κ2) is 2.20. The first-order valence-corrected chi connectivity index (χ1v) is 5.45. The van der Waals surface area contributed by atoms with Crippen molar-refractivity contribution in [3.05, 3.63) is 29.8 Å². The Hall–Kier alpha value is -0.590. The second-order valence-electron chi connectivity index (χ2n) is 2.80. The molecule has 0 amide bonds. The molecule has 0 spiro atoms. The normalized spacial score (nSPS) is 28.5. The summed E-state index contributed by atoms with van der Waals surface area (Å²) >= 11 is 0. The fourth-order valence-electron chi connectivity index (χ4n) is 1.46. The van der Waals surface area contributed by atoms with Crippen molar-refractivity contribution < 1.29 is 9.46 Å². The van der Waals surface area contributed by atoms with Crippen molar-refractivity contribution in [1.82, 2.24) is 0 Å². The largest absolute Gasteiger partial charge is 0.341 e. The average molecular weight is 168 g/mol. The third kappa shape index (κ3) is 1.03. The number of rotatable bonds is 0. The fourth-order valence-corrected chi connectivity index (χ4v) is 3.19. The van der Waals surface area contributed by atoms with E-state index in [0.29, 0.717) is 11.5 Å². The minimum absolute atomic E-state index is 0.423. The molecule has 0 aromatic heterocycles. The quantitative estimate of drug-likeness (QED) is 0.590. The summed E-state index contributed by atoms with van der Waals surface area (Å²) in [6, 6.07) is 7.39. The molecule has 58 valence electrons. The van der Waals surface area contributed by atoms with Gasteiger partial charge in [0.05, 0.1) is 0 Å². The topological polar surface area (TPSA) is 37.3 Å². The van der Waals surface area contributed by atoms with Gasteiger partial charge in [-0.05, 0) is 18.1 Å². The van der Waals surface area contributed by atoms with Crippen LogP contribution < -0.4 is 5.30 Å². The van der Waals surface area contributed by atoms with Crippen molar-refractivity contribution in [3.8, 4) is 0 Å². The molecular formula is C8H9O2P. The van der Waals surface area contributed by atoms with Gasteiger partial charge in [0.25, 0.3) is 0 Å². The molecule has 3 heteroatoms. The van der Waals surface area contributed by atoms with Gasteiger partial charge < -0.3 is 4.89 Å². The van der Waals surface area contributed by atoms with E-state index in [0.717, 1.165) is 12.0 Å². The first kappa shape index (κ1) is 7.08. The zero-order valence-electron chi connectivity index (χ0n) is 6.03. The summed E-state index contributed by atoms with van der Waals surface area (Å²) in [4.78, 5) is 9.40. The summed E-state index contributed by atoms with van der Waals surface area (Å²) in [5, 5.41) is 0.667. The van der Waals surface area contributed by atoms with Crippen LogP contribution in [0.15, 0.2) is 24.3 Å². The molecule has 2 rings (SSSR count). The lowest BCUT2D eigenvalue weighted by atomic mass is 10.2. The summed E-state index contributed by atoms with van der Waals surface area (Å²) in [5.74, 6) is 0. The molecule has 1 N–H and O–H groups in total. The number of fused-ring (bicyclic) bond motifs is 1. The summed E-state index contributed by atoms with van der Waals surface area (Å²) < 4.78 is 11.4. The SMILES string of the molecule is O=P1(O)CCc2ccccc21. The monoisotopic (exact) mass is 168 g/mol. The minimum atomic E-state index is -2.93. The van der Waals surface area contributed by atoms with Gasteiger partial charge in [0.15, 0.2) is 0 Å². The maximum absolute atomic E-state index is 11.4. The minimum Gasteiger partial charge on any atom is -0.341 e. The Kier molecular flexibility index (Phi) is 1.41. The molecule has 1 aromatic rings. The number of benzene rings is 1. The van der Waals surface area contributed by atoms with Crippen molar-refractivity contribution in [2.24, 2.45) is 0 Å². The number of hydrogen-bond acceptors (Lipinski definition) is 1. The molecule has 0 aliphatic carbocycles. The van der Waals surface area contributed by atoms with Crippen LogP contribution in [0.25, 0.3) is 0 Å². The molecule has 0 saturated heterocycles. The first-order valence-electron chi connectivity index (χ1n) is 3.60. The van der Waals surface area contributed by atoms with E-state index >= 15 is 0 Å². The van der Waals surface area contributed by atoms with Crippen LogP contribution in [0.1, 0.15) is 5.56 Å². The van der Waals surface area contributed by atoms with Crippen molar-refractivity contribution >= 4 is 12.7 Å². The molecule has 2 nitrogen and oxygen atoms in total. The van der Waals surface area contributed by atoms with E-state index in [1.165, 1.54) is 0 Å². The van der Waals surface area contributed by atoms with Crippen LogP contribution in [-0.4, -0.2) is 11.1 Å². The van der Waals surface area contributed by atoms with E-state index in [1.54, 1.807) is 6.07 Å². The second-order valence-corrected chi connectivity index (χ2v) is 5.14. The van der Waals surface area contributed by atoms with Gasteiger partial charge in [-0.1, -0.05) is 18.2 Å². The lowest BCUT2D eigenvalue weighted by molar-refractivity contribution is 0.492. The maximum atomic E-state index is 11.4. The molecular weight excluding hydrogens is 159 g/mol. The van der Waals surface area contributed by atoms with Gasteiger partial charge in [-0.3, -0.25) is 4.57 Å². The Balaban J connectivity index is 2.65. The predicted molar refractivity (Wildman–Crippen MR) is 44.5 cm³/mol. The third-order valence-electron chi connectivity index (χ3n) is 2.05. The number of aryl methyl sites for hydroxylation is 1. The highest BCUT2D eigenvalue weighted by atomic mass is 31.2. The van der Waals surface area contributed by atoms with Gasteiger partial charge in [0, 0.05) is 11.5 Å². The van der Waals surface area contributed by atoms with Crippen molar-refractivity contribution in [2.75, 3.05) is 6.16 Å². The standard InChI is InChI=1S/C8H9O2P/c9-11(10)6-5-7-3-1-2-4-8(7)11/h1-4H,5-6H2,(H,9,10). The molecule has 1 aromatic carbocycles. The van der Waals surface area contributed by atoms with Gasteiger partial charge in [0.2, 0.25) is 7.37 Å². The molecule has 0 fully saturated rings. The summed E-state index contributed by atoms with van der Waals surface area (Å²) in [5.41, 5.74) is 1.04. The van der Waals surface area contributed by atoms with E-state index in [9.17, 15) is 9.46 Å². The average Bonchev–Trinajstić information content (AvgIpc) is 2.29.